The zero-order chi connectivity index (χ0) is 15.5. The molecule has 5 nitrogen and oxygen atoms in total. The van der Waals surface area contributed by atoms with Crippen molar-refractivity contribution in [2.75, 3.05) is 31.6 Å². The van der Waals surface area contributed by atoms with E-state index in [1.54, 1.807) is 12.3 Å². The summed E-state index contributed by atoms with van der Waals surface area (Å²) in [6, 6.07) is 1.79. The van der Waals surface area contributed by atoms with Crippen molar-refractivity contribution in [2.45, 2.75) is 33.1 Å². The van der Waals surface area contributed by atoms with Crippen molar-refractivity contribution in [3.8, 4) is 0 Å². The number of halogens is 1. The molecule has 0 aliphatic heterocycles. The van der Waals surface area contributed by atoms with E-state index >= 15 is 0 Å². The Morgan fingerprint density at radius 1 is 1.29 bits per heavy atom. The van der Waals surface area contributed by atoms with Crippen LogP contribution in [0, 0.1) is 0 Å². The summed E-state index contributed by atoms with van der Waals surface area (Å²) in [5.41, 5.74) is 0.562. The molecule has 0 saturated carbocycles. The lowest BCUT2D eigenvalue weighted by Crippen LogP contribution is -2.26. The van der Waals surface area contributed by atoms with Crippen molar-refractivity contribution in [3.63, 3.8) is 0 Å². The number of ether oxygens (including phenoxy) is 1. The van der Waals surface area contributed by atoms with Gasteiger partial charge in [-0.3, -0.25) is 4.79 Å². The second-order valence-corrected chi connectivity index (χ2v) is 5.61. The molecule has 2 N–H and O–H groups in total. The number of nitrogens with one attached hydrogen (secondary N) is 2. The summed E-state index contributed by atoms with van der Waals surface area (Å²) in [5.74, 6) is 0.512. The fourth-order valence-electron chi connectivity index (χ4n) is 1.71. The fraction of sp³-hybridized carbons (Fsp3) is 0.600. The minimum Gasteiger partial charge on any atom is -0.381 e. The molecule has 0 atom stereocenters. The Balaban J connectivity index is 2.50. The minimum absolute atomic E-state index is 0.113. The normalized spacial score (nSPS) is 10.4. The molecule has 0 aliphatic carbocycles. The van der Waals surface area contributed by atoms with Crippen molar-refractivity contribution in [3.05, 3.63) is 22.3 Å². The van der Waals surface area contributed by atoms with Crippen LogP contribution in [0.15, 0.2) is 16.7 Å². The van der Waals surface area contributed by atoms with Gasteiger partial charge in [-0.2, -0.15) is 0 Å². The number of aromatic nitrogens is 1. The van der Waals surface area contributed by atoms with Crippen LogP contribution in [0.25, 0.3) is 0 Å². The van der Waals surface area contributed by atoms with Crippen LogP contribution in [0.2, 0.25) is 0 Å². The molecule has 0 aliphatic rings. The van der Waals surface area contributed by atoms with Crippen molar-refractivity contribution < 1.29 is 9.53 Å². The van der Waals surface area contributed by atoms with E-state index in [2.05, 4.69) is 45.4 Å². The highest BCUT2D eigenvalue weighted by molar-refractivity contribution is 9.10. The number of anilines is 1. The van der Waals surface area contributed by atoms with Gasteiger partial charge in [0.05, 0.1) is 5.56 Å². The molecule has 0 spiro atoms. The Bertz CT molecular complexity index is 441. The molecule has 1 amide bonds. The average Bonchev–Trinajstić information content (AvgIpc) is 2.49. The van der Waals surface area contributed by atoms with Gasteiger partial charge in [-0.25, -0.2) is 4.98 Å². The van der Waals surface area contributed by atoms with Crippen LogP contribution in [0.4, 0.5) is 5.82 Å². The summed E-state index contributed by atoms with van der Waals surface area (Å²) in [6.45, 7) is 6.98. The van der Waals surface area contributed by atoms with Gasteiger partial charge in [0.15, 0.2) is 0 Å². The largest absolute Gasteiger partial charge is 0.381 e. The number of pyridine rings is 1. The second-order valence-electron chi connectivity index (χ2n) is 4.70. The Labute approximate surface area is 135 Å². The number of rotatable bonds is 10. The van der Waals surface area contributed by atoms with Crippen LogP contribution in [0.1, 0.15) is 43.5 Å². The first-order chi connectivity index (χ1) is 10.2. The molecule has 1 aromatic rings. The summed E-state index contributed by atoms with van der Waals surface area (Å²) in [6.07, 6.45) is 4.49. The third kappa shape index (κ3) is 6.91. The van der Waals surface area contributed by atoms with Gasteiger partial charge < -0.3 is 15.4 Å². The molecule has 1 aromatic heterocycles. The van der Waals surface area contributed by atoms with Crippen LogP contribution < -0.4 is 10.6 Å². The maximum absolute atomic E-state index is 12.2. The molecule has 0 aromatic carbocycles. The highest BCUT2D eigenvalue weighted by Gasteiger charge is 2.12. The van der Waals surface area contributed by atoms with Crippen molar-refractivity contribution >= 4 is 27.7 Å². The molecule has 1 rings (SSSR count). The molecule has 0 unspecified atom stereocenters. The predicted octanol–water partition coefficient (Wildman–Crippen LogP) is 3.21. The first-order valence-corrected chi connectivity index (χ1v) is 8.23. The molecule has 1 heterocycles. The second kappa shape index (κ2) is 10.6. The zero-order valence-electron chi connectivity index (χ0n) is 12.7. The standard InChI is InChI=1S/C15H24BrN3O2/c1-3-6-17-14-13(10-12(16)11-19-14)15(20)18-7-5-9-21-8-4-2/h10-11H,3-9H2,1-2H3,(H,17,19)(H,18,20). The summed E-state index contributed by atoms with van der Waals surface area (Å²) >= 11 is 3.35. The molecule has 0 radical (unpaired) electrons. The highest BCUT2D eigenvalue weighted by Crippen LogP contribution is 2.18. The first-order valence-electron chi connectivity index (χ1n) is 7.44. The number of hydrogen-bond donors (Lipinski definition) is 2. The molecule has 118 valence electrons. The molecule has 0 fully saturated rings. The number of nitrogens with zero attached hydrogens (tertiary/aromatic N) is 1. The lowest BCUT2D eigenvalue weighted by molar-refractivity contribution is 0.0942. The van der Waals surface area contributed by atoms with Crippen LogP contribution >= 0.6 is 15.9 Å². The first kappa shape index (κ1) is 17.9. The van der Waals surface area contributed by atoms with E-state index in [1.165, 1.54) is 0 Å². The maximum atomic E-state index is 12.2. The quantitative estimate of drug-likeness (QED) is 0.631. The van der Waals surface area contributed by atoms with Gasteiger partial charge in [0.1, 0.15) is 5.82 Å². The van der Waals surface area contributed by atoms with Gasteiger partial charge in [0.25, 0.3) is 5.91 Å². The monoisotopic (exact) mass is 357 g/mol. The Hall–Kier alpha value is -1.14. The summed E-state index contributed by atoms with van der Waals surface area (Å²) < 4.78 is 6.18. The third-order valence-corrected chi connectivity index (χ3v) is 3.17. The smallest absolute Gasteiger partial charge is 0.255 e. The third-order valence-electron chi connectivity index (χ3n) is 2.74. The summed E-state index contributed by atoms with van der Waals surface area (Å²) in [4.78, 5) is 16.5. The van der Waals surface area contributed by atoms with Crippen LogP contribution in [0.5, 0.6) is 0 Å². The molecule has 0 bridgehead atoms. The lowest BCUT2D eigenvalue weighted by atomic mass is 10.2. The van der Waals surface area contributed by atoms with E-state index < -0.39 is 0 Å². The number of amides is 1. The van der Waals surface area contributed by atoms with E-state index in [4.69, 9.17) is 4.74 Å². The van der Waals surface area contributed by atoms with E-state index in [0.29, 0.717) is 24.5 Å². The van der Waals surface area contributed by atoms with Crippen LogP contribution in [-0.2, 0) is 4.74 Å². The fourth-order valence-corrected chi connectivity index (χ4v) is 2.05. The average molecular weight is 358 g/mol. The van der Waals surface area contributed by atoms with E-state index in [-0.39, 0.29) is 5.91 Å². The van der Waals surface area contributed by atoms with Gasteiger partial charge in [-0.15, -0.1) is 0 Å². The summed E-state index contributed by atoms with van der Waals surface area (Å²) in [5, 5.41) is 6.07. The highest BCUT2D eigenvalue weighted by atomic mass is 79.9. The summed E-state index contributed by atoms with van der Waals surface area (Å²) in [7, 11) is 0. The SMILES string of the molecule is CCCNc1ncc(Br)cc1C(=O)NCCCOCCC. The molecular weight excluding hydrogens is 334 g/mol. The Morgan fingerprint density at radius 3 is 2.81 bits per heavy atom. The molecule has 0 saturated heterocycles. The van der Waals surface area contributed by atoms with Gasteiger partial charge in [-0.1, -0.05) is 13.8 Å². The van der Waals surface area contributed by atoms with Gasteiger partial charge >= 0.3 is 0 Å². The number of carbonyl (C=O) groups is 1. The Morgan fingerprint density at radius 2 is 2.10 bits per heavy atom. The van der Waals surface area contributed by atoms with Gasteiger partial charge in [-0.05, 0) is 41.3 Å². The zero-order valence-corrected chi connectivity index (χ0v) is 14.3. The predicted molar refractivity (Wildman–Crippen MR) is 88.8 cm³/mol. The van der Waals surface area contributed by atoms with E-state index in [9.17, 15) is 4.79 Å². The van der Waals surface area contributed by atoms with Crippen LogP contribution in [0.3, 0.4) is 0 Å². The number of carbonyl (C=O) groups excluding carboxylic acids is 1. The maximum Gasteiger partial charge on any atom is 0.255 e. The topological polar surface area (TPSA) is 63.2 Å². The molecular formula is C15H24BrN3O2. The minimum atomic E-state index is -0.113. The van der Waals surface area contributed by atoms with Crippen molar-refractivity contribution in [2.24, 2.45) is 0 Å². The van der Waals surface area contributed by atoms with Crippen LogP contribution in [-0.4, -0.2) is 37.2 Å². The van der Waals surface area contributed by atoms with E-state index in [0.717, 1.165) is 36.9 Å². The van der Waals surface area contributed by atoms with Gasteiger partial charge in [0, 0.05) is 37.0 Å². The number of hydrogen-bond acceptors (Lipinski definition) is 4. The molecule has 6 heteroatoms. The molecule has 21 heavy (non-hydrogen) atoms. The van der Waals surface area contributed by atoms with E-state index in [1.807, 2.05) is 0 Å². The van der Waals surface area contributed by atoms with Crippen molar-refractivity contribution in [1.29, 1.82) is 0 Å². The Kier molecular flexibility index (Phi) is 9.01. The van der Waals surface area contributed by atoms with Gasteiger partial charge in [0.2, 0.25) is 0 Å². The van der Waals surface area contributed by atoms with Crippen molar-refractivity contribution in [1.82, 2.24) is 10.3 Å². The lowest BCUT2D eigenvalue weighted by Gasteiger charge is -2.11.